The molecule has 6 heteroatoms. The van der Waals surface area contributed by atoms with Crippen LogP contribution in [-0.2, 0) is 16.0 Å². The first-order valence-corrected chi connectivity index (χ1v) is 7.15. The van der Waals surface area contributed by atoms with Gasteiger partial charge in [-0.3, -0.25) is 4.79 Å². The molecule has 2 rings (SSSR count). The van der Waals surface area contributed by atoms with Crippen molar-refractivity contribution in [2.24, 2.45) is 0 Å². The number of morpholine rings is 1. The lowest BCUT2D eigenvalue weighted by Crippen LogP contribution is -2.48. The smallest absolute Gasteiger partial charge is 0.250 e. The van der Waals surface area contributed by atoms with Crippen LogP contribution in [0.1, 0.15) is 30.6 Å². The van der Waals surface area contributed by atoms with E-state index in [1.807, 2.05) is 12.3 Å². The van der Waals surface area contributed by atoms with E-state index in [1.165, 1.54) is 0 Å². The number of aryl methyl sites for hydroxylation is 1. The molecule has 2 unspecified atom stereocenters. The fourth-order valence-electron chi connectivity index (χ4n) is 1.80. The minimum absolute atomic E-state index is 0.0688. The Morgan fingerprint density at radius 1 is 1.78 bits per heavy atom. The number of ether oxygens (including phenoxy) is 1. The van der Waals surface area contributed by atoms with Gasteiger partial charge in [-0.05, 0) is 13.3 Å². The molecule has 1 aliphatic rings. The second-order valence-electron chi connectivity index (χ2n) is 4.31. The van der Waals surface area contributed by atoms with E-state index in [2.05, 4.69) is 22.5 Å². The molecule has 0 saturated carbocycles. The van der Waals surface area contributed by atoms with Crippen LogP contribution in [0.2, 0.25) is 0 Å². The van der Waals surface area contributed by atoms with Crippen LogP contribution < -0.4 is 10.6 Å². The van der Waals surface area contributed by atoms with E-state index in [0.29, 0.717) is 13.2 Å². The predicted octanol–water partition coefficient (Wildman–Crippen LogP) is 0.871. The fraction of sp³-hybridized carbons (Fsp3) is 0.667. The van der Waals surface area contributed by atoms with Crippen molar-refractivity contribution >= 4 is 17.2 Å². The predicted molar refractivity (Wildman–Crippen MR) is 70.7 cm³/mol. The van der Waals surface area contributed by atoms with Crippen molar-refractivity contribution in [1.82, 2.24) is 15.6 Å². The minimum atomic E-state index is -0.384. The Kier molecular flexibility index (Phi) is 4.68. The number of nitrogens with zero attached hydrogens (tertiary/aromatic N) is 1. The number of carbonyl (C=O) groups excluding carboxylic acids is 1. The van der Waals surface area contributed by atoms with Crippen LogP contribution in [0.5, 0.6) is 0 Å². The van der Waals surface area contributed by atoms with E-state index < -0.39 is 0 Å². The van der Waals surface area contributed by atoms with Crippen molar-refractivity contribution in [2.75, 3.05) is 19.7 Å². The second-order valence-corrected chi connectivity index (χ2v) is 5.26. The van der Waals surface area contributed by atoms with Crippen LogP contribution in [0.4, 0.5) is 0 Å². The summed E-state index contributed by atoms with van der Waals surface area (Å²) in [5.41, 5.74) is 0.925. The van der Waals surface area contributed by atoms with Crippen molar-refractivity contribution in [1.29, 1.82) is 0 Å². The molecule has 2 atom stereocenters. The average Bonchev–Trinajstić information content (AvgIpc) is 2.88. The first-order chi connectivity index (χ1) is 8.70. The highest BCUT2D eigenvalue weighted by Gasteiger charge is 2.23. The van der Waals surface area contributed by atoms with Gasteiger partial charge in [-0.2, -0.15) is 0 Å². The summed E-state index contributed by atoms with van der Waals surface area (Å²) in [5, 5.41) is 9.19. The van der Waals surface area contributed by atoms with Gasteiger partial charge in [0.05, 0.1) is 23.4 Å². The monoisotopic (exact) mass is 269 g/mol. The zero-order valence-corrected chi connectivity index (χ0v) is 11.5. The Morgan fingerprint density at radius 3 is 3.22 bits per heavy atom. The zero-order valence-electron chi connectivity index (χ0n) is 10.7. The van der Waals surface area contributed by atoms with E-state index in [1.54, 1.807) is 11.3 Å². The topological polar surface area (TPSA) is 63.2 Å². The van der Waals surface area contributed by atoms with Crippen LogP contribution >= 0.6 is 11.3 Å². The fourth-order valence-corrected chi connectivity index (χ4v) is 2.64. The van der Waals surface area contributed by atoms with Crippen LogP contribution in [0.25, 0.3) is 0 Å². The SMILES string of the molecule is CCc1nc(C(C)NC(=O)C2CNCCO2)cs1. The quantitative estimate of drug-likeness (QED) is 0.851. The number of thiazole rings is 1. The number of carbonyl (C=O) groups is 1. The van der Waals surface area contributed by atoms with Crippen molar-refractivity contribution in [2.45, 2.75) is 32.4 Å². The molecule has 1 aliphatic heterocycles. The van der Waals surface area contributed by atoms with Gasteiger partial charge in [0.2, 0.25) is 0 Å². The third-order valence-electron chi connectivity index (χ3n) is 2.89. The van der Waals surface area contributed by atoms with Gasteiger partial charge in [0.25, 0.3) is 5.91 Å². The molecular weight excluding hydrogens is 250 g/mol. The summed E-state index contributed by atoms with van der Waals surface area (Å²) in [5.74, 6) is -0.0688. The molecule has 1 amide bonds. The normalized spacial score (nSPS) is 21.6. The molecule has 2 heterocycles. The maximum atomic E-state index is 12.0. The summed E-state index contributed by atoms with van der Waals surface area (Å²) in [6, 6.07) is -0.0698. The lowest BCUT2D eigenvalue weighted by molar-refractivity contribution is -0.134. The Bertz CT molecular complexity index is 402. The third kappa shape index (κ3) is 3.28. The number of hydrogen-bond acceptors (Lipinski definition) is 5. The van der Waals surface area contributed by atoms with Crippen molar-refractivity contribution in [3.8, 4) is 0 Å². The van der Waals surface area contributed by atoms with Crippen molar-refractivity contribution < 1.29 is 9.53 Å². The Balaban J connectivity index is 1.89. The van der Waals surface area contributed by atoms with Gasteiger partial charge in [0, 0.05) is 18.5 Å². The Labute approximate surface area is 111 Å². The van der Waals surface area contributed by atoms with E-state index in [0.717, 1.165) is 23.7 Å². The molecule has 5 nitrogen and oxygen atoms in total. The zero-order chi connectivity index (χ0) is 13.0. The molecule has 18 heavy (non-hydrogen) atoms. The molecule has 0 radical (unpaired) electrons. The number of rotatable bonds is 4. The summed E-state index contributed by atoms with van der Waals surface area (Å²) >= 11 is 1.63. The van der Waals surface area contributed by atoms with Crippen LogP contribution in [0.3, 0.4) is 0 Å². The highest BCUT2D eigenvalue weighted by molar-refractivity contribution is 7.09. The number of nitrogens with one attached hydrogen (secondary N) is 2. The molecule has 1 fully saturated rings. The summed E-state index contributed by atoms with van der Waals surface area (Å²) in [7, 11) is 0. The van der Waals surface area contributed by atoms with Crippen LogP contribution in [-0.4, -0.2) is 36.7 Å². The summed E-state index contributed by atoms with van der Waals surface area (Å²) < 4.78 is 5.41. The molecule has 100 valence electrons. The minimum Gasteiger partial charge on any atom is -0.366 e. The number of hydrogen-bond donors (Lipinski definition) is 2. The number of aromatic nitrogens is 1. The van der Waals surface area contributed by atoms with E-state index in [4.69, 9.17) is 4.74 Å². The number of amides is 1. The first-order valence-electron chi connectivity index (χ1n) is 6.27. The summed E-state index contributed by atoms with van der Waals surface area (Å²) in [6.45, 7) is 6.00. The highest BCUT2D eigenvalue weighted by atomic mass is 32.1. The molecule has 1 saturated heterocycles. The molecule has 0 spiro atoms. The summed E-state index contributed by atoms with van der Waals surface area (Å²) in [4.78, 5) is 16.4. The lowest BCUT2D eigenvalue weighted by Gasteiger charge is -2.24. The van der Waals surface area contributed by atoms with Gasteiger partial charge < -0.3 is 15.4 Å². The molecule has 1 aromatic heterocycles. The molecule has 1 aromatic rings. The standard InChI is InChI=1S/C12H19N3O2S/c1-3-11-15-9(7-18-11)8(2)14-12(16)10-6-13-4-5-17-10/h7-8,10,13H,3-6H2,1-2H3,(H,14,16). The molecule has 2 N–H and O–H groups in total. The Hall–Kier alpha value is -0.980. The lowest BCUT2D eigenvalue weighted by atomic mass is 10.2. The Morgan fingerprint density at radius 2 is 2.61 bits per heavy atom. The maximum Gasteiger partial charge on any atom is 0.250 e. The molecular formula is C12H19N3O2S. The van der Waals surface area contributed by atoms with Gasteiger partial charge in [0.15, 0.2) is 0 Å². The van der Waals surface area contributed by atoms with Crippen LogP contribution in [0, 0.1) is 0 Å². The van der Waals surface area contributed by atoms with Crippen LogP contribution in [0.15, 0.2) is 5.38 Å². The van der Waals surface area contributed by atoms with Gasteiger partial charge >= 0.3 is 0 Å². The van der Waals surface area contributed by atoms with E-state index in [-0.39, 0.29) is 18.1 Å². The molecule has 0 aliphatic carbocycles. The molecule has 0 aromatic carbocycles. The largest absolute Gasteiger partial charge is 0.366 e. The van der Waals surface area contributed by atoms with E-state index >= 15 is 0 Å². The maximum absolute atomic E-state index is 12.0. The van der Waals surface area contributed by atoms with Gasteiger partial charge in [-0.25, -0.2) is 4.98 Å². The summed E-state index contributed by atoms with van der Waals surface area (Å²) in [6.07, 6.45) is 0.548. The molecule has 0 bridgehead atoms. The van der Waals surface area contributed by atoms with Crippen molar-refractivity contribution in [3.05, 3.63) is 16.1 Å². The van der Waals surface area contributed by atoms with E-state index in [9.17, 15) is 4.79 Å². The first kappa shape index (κ1) is 13.5. The van der Waals surface area contributed by atoms with Crippen molar-refractivity contribution in [3.63, 3.8) is 0 Å². The third-order valence-corrected chi connectivity index (χ3v) is 3.91. The van der Waals surface area contributed by atoms with Gasteiger partial charge in [-0.15, -0.1) is 11.3 Å². The second kappa shape index (κ2) is 6.26. The van der Waals surface area contributed by atoms with Gasteiger partial charge in [-0.1, -0.05) is 6.92 Å². The average molecular weight is 269 g/mol. The van der Waals surface area contributed by atoms with Gasteiger partial charge in [0.1, 0.15) is 6.10 Å². The highest BCUT2D eigenvalue weighted by Crippen LogP contribution is 2.17.